The summed E-state index contributed by atoms with van der Waals surface area (Å²) in [5, 5.41) is 9.50. The van der Waals surface area contributed by atoms with Crippen molar-refractivity contribution >= 4 is 28.1 Å². The number of carbonyl (C=O) groups excluding carboxylic acids is 1. The fourth-order valence-corrected chi connectivity index (χ4v) is 3.52. The van der Waals surface area contributed by atoms with Crippen molar-refractivity contribution in [3.05, 3.63) is 41.5 Å². The van der Waals surface area contributed by atoms with Crippen LogP contribution in [0, 0.1) is 0 Å². The van der Waals surface area contributed by atoms with Crippen LogP contribution < -0.4 is 15.8 Å². The minimum atomic E-state index is -0.881. The molecule has 1 aliphatic rings. The molecular formula is C18H19N5O2S. The smallest absolute Gasteiger partial charge is 0.253 e. The molecule has 0 radical (unpaired) electrons. The normalized spacial score (nSPS) is 13.3. The summed E-state index contributed by atoms with van der Waals surface area (Å²) in [6, 6.07) is 6.06. The Kier molecular flexibility index (Phi) is 3.91. The summed E-state index contributed by atoms with van der Waals surface area (Å²) in [5.74, 6) is 0.738. The summed E-state index contributed by atoms with van der Waals surface area (Å²) in [6.45, 7) is 4.29. The van der Waals surface area contributed by atoms with E-state index in [1.54, 1.807) is 24.7 Å². The van der Waals surface area contributed by atoms with Crippen molar-refractivity contribution in [2.45, 2.75) is 25.8 Å². The number of amides is 1. The first kappa shape index (κ1) is 16.6. The number of hydrogen-bond donors (Lipinski definition) is 2. The lowest BCUT2D eigenvalue weighted by atomic mass is 10.1. The molecule has 3 heterocycles. The number of hydrogen-bond acceptors (Lipinski definition) is 6. The van der Waals surface area contributed by atoms with Crippen LogP contribution in [0.15, 0.2) is 36.0 Å². The monoisotopic (exact) mass is 369 g/mol. The molecule has 8 heteroatoms. The molecule has 1 aliphatic heterocycles. The first-order valence-electron chi connectivity index (χ1n) is 8.27. The van der Waals surface area contributed by atoms with Crippen molar-refractivity contribution in [2.24, 2.45) is 0 Å². The maximum Gasteiger partial charge on any atom is 0.253 e. The average Bonchev–Trinajstić information content (AvgIpc) is 3.34. The van der Waals surface area contributed by atoms with E-state index in [1.165, 1.54) is 23.1 Å². The topological polar surface area (TPSA) is 95.1 Å². The molecule has 1 aromatic carbocycles. The van der Waals surface area contributed by atoms with Gasteiger partial charge in [0.25, 0.3) is 5.91 Å². The number of thiazole rings is 1. The third kappa shape index (κ3) is 2.92. The Morgan fingerprint density at radius 1 is 1.42 bits per heavy atom. The molecule has 0 spiro atoms. The molecule has 2 aromatic heterocycles. The molecule has 0 aliphatic carbocycles. The second-order valence-electron chi connectivity index (χ2n) is 6.69. The summed E-state index contributed by atoms with van der Waals surface area (Å²) in [5.41, 5.74) is 8.38. The molecule has 26 heavy (non-hydrogen) atoms. The molecule has 0 saturated heterocycles. The standard InChI is InChI=1S/C18H19N5O2S/c1-18(2,23-9-13(19)8-20-23)16(24)22-17-21-14(10-26-17)11-3-4-15-12(7-11)5-6-25-15/h3-4,7-10H,5-6,19H2,1-2H3,(H,21,22,24). The summed E-state index contributed by atoms with van der Waals surface area (Å²) in [6.07, 6.45) is 4.08. The minimum Gasteiger partial charge on any atom is -0.493 e. The Morgan fingerprint density at radius 3 is 3.04 bits per heavy atom. The number of ether oxygens (including phenoxy) is 1. The zero-order chi connectivity index (χ0) is 18.3. The van der Waals surface area contributed by atoms with E-state index in [9.17, 15) is 4.79 Å². The highest BCUT2D eigenvalue weighted by molar-refractivity contribution is 7.14. The summed E-state index contributed by atoms with van der Waals surface area (Å²) in [7, 11) is 0. The first-order valence-corrected chi connectivity index (χ1v) is 9.15. The molecular weight excluding hydrogens is 350 g/mol. The average molecular weight is 369 g/mol. The van der Waals surface area contributed by atoms with Crippen LogP contribution in [0.3, 0.4) is 0 Å². The molecule has 0 fully saturated rings. The second-order valence-corrected chi connectivity index (χ2v) is 7.55. The van der Waals surface area contributed by atoms with Crippen LogP contribution in [0.1, 0.15) is 19.4 Å². The number of anilines is 2. The quantitative estimate of drug-likeness (QED) is 0.737. The molecule has 0 unspecified atom stereocenters. The van der Waals surface area contributed by atoms with E-state index in [0.717, 1.165) is 30.0 Å². The van der Waals surface area contributed by atoms with Crippen LogP contribution in [0.2, 0.25) is 0 Å². The number of nitrogens with two attached hydrogens (primary N) is 1. The molecule has 7 nitrogen and oxygen atoms in total. The summed E-state index contributed by atoms with van der Waals surface area (Å²) >= 11 is 1.39. The van der Waals surface area contributed by atoms with Crippen LogP contribution in [0.25, 0.3) is 11.3 Å². The van der Waals surface area contributed by atoms with Gasteiger partial charge in [-0.2, -0.15) is 5.10 Å². The van der Waals surface area contributed by atoms with Gasteiger partial charge in [-0.3, -0.25) is 14.8 Å². The van der Waals surface area contributed by atoms with E-state index < -0.39 is 5.54 Å². The van der Waals surface area contributed by atoms with Crippen molar-refractivity contribution in [3.63, 3.8) is 0 Å². The van der Waals surface area contributed by atoms with E-state index >= 15 is 0 Å². The minimum absolute atomic E-state index is 0.205. The largest absolute Gasteiger partial charge is 0.493 e. The van der Waals surface area contributed by atoms with Crippen molar-refractivity contribution < 1.29 is 9.53 Å². The Morgan fingerprint density at radius 2 is 2.27 bits per heavy atom. The van der Waals surface area contributed by atoms with E-state index in [-0.39, 0.29) is 5.91 Å². The fraction of sp³-hybridized carbons (Fsp3) is 0.278. The van der Waals surface area contributed by atoms with Gasteiger partial charge >= 0.3 is 0 Å². The molecule has 4 rings (SSSR count). The van der Waals surface area contributed by atoms with Crippen LogP contribution in [0.5, 0.6) is 5.75 Å². The highest BCUT2D eigenvalue weighted by Gasteiger charge is 2.31. The van der Waals surface area contributed by atoms with Crippen LogP contribution in [-0.4, -0.2) is 27.3 Å². The second kappa shape index (κ2) is 6.14. The van der Waals surface area contributed by atoms with E-state index in [4.69, 9.17) is 10.5 Å². The van der Waals surface area contributed by atoms with Gasteiger partial charge in [-0.1, -0.05) is 0 Å². The molecule has 0 atom stereocenters. The maximum absolute atomic E-state index is 12.7. The van der Waals surface area contributed by atoms with Gasteiger partial charge in [0.2, 0.25) is 0 Å². The number of fused-ring (bicyclic) bond motifs is 1. The highest BCUT2D eigenvalue weighted by Crippen LogP contribution is 2.32. The highest BCUT2D eigenvalue weighted by atomic mass is 32.1. The van der Waals surface area contributed by atoms with Crippen molar-refractivity contribution in [2.75, 3.05) is 17.7 Å². The third-order valence-corrected chi connectivity index (χ3v) is 5.20. The van der Waals surface area contributed by atoms with Crippen molar-refractivity contribution in [1.82, 2.24) is 14.8 Å². The van der Waals surface area contributed by atoms with Crippen molar-refractivity contribution in [1.29, 1.82) is 0 Å². The van der Waals surface area contributed by atoms with Gasteiger partial charge in [-0.15, -0.1) is 11.3 Å². The zero-order valence-corrected chi connectivity index (χ0v) is 15.3. The summed E-state index contributed by atoms with van der Waals surface area (Å²) in [4.78, 5) is 17.2. The Labute approximate surface area is 154 Å². The number of nitrogens with zero attached hydrogens (tertiary/aromatic N) is 3. The van der Waals surface area contributed by atoms with Gasteiger partial charge in [0.05, 0.1) is 24.2 Å². The lowest BCUT2D eigenvalue weighted by Gasteiger charge is -2.23. The Bertz CT molecular complexity index is 976. The zero-order valence-electron chi connectivity index (χ0n) is 14.5. The Hall–Kier alpha value is -2.87. The van der Waals surface area contributed by atoms with Gasteiger partial charge in [0.1, 0.15) is 11.3 Å². The van der Waals surface area contributed by atoms with Gasteiger partial charge < -0.3 is 10.5 Å². The molecule has 3 N–H and O–H groups in total. The first-order chi connectivity index (χ1) is 12.4. The van der Waals surface area contributed by atoms with Gasteiger partial charge in [-0.05, 0) is 37.6 Å². The molecule has 134 valence electrons. The third-order valence-electron chi connectivity index (χ3n) is 4.44. The number of nitrogen functional groups attached to an aromatic ring is 1. The van der Waals surface area contributed by atoms with Crippen LogP contribution in [-0.2, 0) is 16.8 Å². The number of nitrogens with one attached hydrogen (secondary N) is 1. The van der Waals surface area contributed by atoms with Crippen LogP contribution >= 0.6 is 11.3 Å². The van der Waals surface area contributed by atoms with E-state index in [2.05, 4.69) is 21.5 Å². The summed E-state index contributed by atoms with van der Waals surface area (Å²) < 4.78 is 7.08. The van der Waals surface area contributed by atoms with Crippen LogP contribution in [0.4, 0.5) is 10.8 Å². The fourth-order valence-electron chi connectivity index (χ4n) is 2.81. The molecule has 1 amide bonds. The van der Waals surface area contributed by atoms with Gasteiger partial charge in [0.15, 0.2) is 5.13 Å². The molecule has 3 aromatic rings. The molecule has 0 saturated carbocycles. The number of aromatic nitrogens is 3. The van der Waals surface area contributed by atoms with Gasteiger partial charge in [0, 0.05) is 23.6 Å². The number of rotatable bonds is 4. The lowest BCUT2D eigenvalue weighted by molar-refractivity contribution is -0.123. The SMILES string of the molecule is CC(C)(C(=O)Nc1nc(-c2ccc3c(c2)CCO3)cs1)n1cc(N)cn1. The van der Waals surface area contributed by atoms with Gasteiger partial charge in [-0.25, -0.2) is 4.98 Å². The maximum atomic E-state index is 12.7. The predicted octanol–water partition coefficient (Wildman–Crippen LogP) is 2.90. The molecule has 0 bridgehead atoms. The van der Waals surface area contributed by atoms with E-state index in [1.807, 2.05) is 17.5 Å². The predicted molar refractivity (Wildman–Crippen MR) is 101 cm³/mol. The van der Waals surface area contributed by atoms with E-state index in [0.29, 0.717) is 10.8 Å². The Balaban J connectivity index is 1.52. The van der Waals surface area contributed by atoms with Crippen molar-refractivity contribution in [3.8, 4) is 17.0 Å². The number of carbonyl (C=O) groups is 1. The number of benzene rings is 1. The lowest BCUT2D eigenvalue weighted by Crippen LogP contribution is -2.40.